The highest BCUT2D eigenvalue weighted by molar-refractivity contribution is 9.11. The molecule has 0 aliphatic heterocycles. The second-order valence-electron chi connectivity index (χ2n) is 6.27. The molecule has 0 saturated heterocycles. The summed E-state index contributed by atoms with van der Waals surface area (Å²) in [6.45, 7) is 1.25. The Morgan fingerprint density at radius 1 is 1.00 bits per heavy atom. The lowest BCUT2D eigenvalue weighted by Gasteiger charge is -2.13. The number of hydrogen-bond acceptors (Lipinski definition) is 5. The number of benzene rings is 2. The molecule has 0 amide bonds. The number of rotatable bonds is 2. The molecule has 0 spiro atoms. The van der Waals surface area contributed by atoms with E-state index in [1.165, 1.54) is 6.92 Å². The van der Waals surface area contributed by atoms with Gasteiger partial charge in [-0.3, -0.25) is 19.2 Å². The maximum absolute atomic E-state index is 13.3. The second-order valence-corrected chi connectivity index (χ2v) is 8.04. The average molecular weight is 505 g/mol. The van der Waals surface area contributed by atoms with Crippen LogP contribution in [-0.2, 0) is 4.79 Å². The molecular weight excluding hydrogens is 494 g/mol. The van der Waals surface area contributed by atoms with E-state index in [0.29, 0.717) is 24.5 Å². The molecule has 4 aromatic rings. The lowest BCUT2D eigenvalue weighted by molar-refractivity contribution is -0.116. The number of halogens is 2. The van der Waals surface area contributed by atoms with Gasteiger partial charge in [0.1, 0.15) is 5.78 Å². The van der Waals surface area contributed by atoms with Gasteiger partial charge in [0.25, 0.3) is 17.0 Å². The van der Waals surface area contributed by atoms with Gasteiger partial charge in [-0.2, -0.15) is 9.20 Å². The van der Waals surface area contributed by atoms with E-state index in [4.69, 9.17) is 0 Å². The molecule has 2 heterocycles. The van der Waals surface area contributed by atoms with Crippen molar-refractivity contribution in [1.29, 1.82) is 0 Å². The first-order chi connectivity index (χ1) is 13.3. The van der Waals surface area contributed by atoms with E-state index in [-0.39, 0.29) is 16.4 Å². The van der Waals surface area contributed by atoms with Crippen LogP contribution in [0.4, 0.5) is 0 Å². The van der Waals surface area contributed by atoms with E-state index in [0.717, 1.165) is 4.52 Å². The molecule has 2 aromatic carbocycles. The number of nitrogens with zero attached hydrogens (tertiary/aromatic N) is 3. The van der Waals surface area contributed by atoms with Crippen LogP contribution in [0.5, 0.6) is 0 Å². The van der Waals surface area contributed by atoms with Crippen molar-refractivity contribution >= 4 is 70.9 Å². The van der Waals surface area contributed by atoms with Crippen molar-refractivity contribution in [3.8, 4) is 0 Å². The Balaban J connectivity index is 2.33. The van der Waals surface area contributed by atoms with Crippen LogP contribution in [0.15, 0.2) is 54.9 Å². The molecule has 0 radical (unpaired) electrons. The Bertz CT molecular complexity index is 1450. The zero-order chi connectivity index (χ0) is 20.2. The zero-order valence-electron chi connectivity index (χ0n) is 14.4. The summed E-state index contributed by atoms with van der Waals surface area (Å²) in [5.41, 5.74) is -0.691. The number of Topliss-reactive ketones (excluding diaryl/α,β-unsaturated/α-hetero) is 1. The summed E-state index contributed by atoms with van der Waals surface area (Å²) in [5.74, 6) is -1.20. The van der Waals surface area contributed by atoms with Gasteiger partial charge in [-0.15, -0.1) is 0 Å². The first kappa shape index (κ1) is 18.7. The van der Waals surface area contributed by atoms with Gasteiger partial charge in [-0.25, -0.2) is 4.98 Å². The smallest absolute Gasteiger partial charge is 0.281 e. The van der Waals surface area contributed by atoms with Crippen LogP contribution in [0, 0.1) is 0 Å². The maximum atomic E-state index is 13.3. The van der Waals surface area contributed by atoms with Gasteiger partial charge >= 0.3 is 0 Å². The molecule has 0 bridgehead atoms. The molecular formula is C19H11Br2N3O4. The monoisotopic (exact) mass is 503 g/mol. The van der Waals surface area contributed by atoms with E-state index in [9.17, 15) is 19.2 Å². The number of ketones is 1. The standard InChI is InChI=1S/C19H11Br2N3O4/c1-9(25)6-15(26)23-18(27)12-5-3-2-4-11(12)17-22-16-13(19(28)24(17)23)7-10(20)8-14(16)21/h2-5,7-8H,6H2,1H3. The average Bonchev–Trinajstić information content (AvgIpc) is 2.63. The highest BCUT2D eigenvalue weighted by Gasteiger charge is 2.21. The van der Waals surface area contributed by atoms with Crippen molar-refractivity contribution < 1.29 is 9.59 Å². The van der Waals surface area contributed by atoms with E-state index in [2.05, 4.69) is 36.8 Å². The molecule has 140 valence electrons. The van der Waals surface area contributed by atoms with Gasteiger partial charge in [0, 0.05) is 14.3 Å². The van der Waals surface area contributed by atoms with Crippen LogP contribution >= 0.6 is 31.9 Å². The lowest BCUT2D eigenvalue weighted by Crippen LogP contribution is -2.38. The van der Waals surface area contributed by atoms with Gasteiger partial charge in [-0.05, 0) is 41.1 Å². The van der Waals surface area contributed by atoms with Gasteiger partial charge in [-0.1, -0.05) is 34.1 Å². The number of hydrogen-bond donors (Lipinski definition) is 0. The molecule has 0 saturated carbocycles. The topological polar surface area (TPSA) is 90.5 Å². The summed E-state index contributed by atoms with van der Waals surface area (Å²) in [6, 6.07) is 9.92. The molecule has 2 aromatic heterocycles. The molecule has 28 heavy (non-hydrogen) atoms. The molecule has 0 N–H and O–H groups in total. The van der Waals surface area contributed by atoms with Crippen molar-refractivity contribution in [3.63, 3.8) is 0 Å². The normalized spacial score (nSPS) is 11.4. The Morgan fingerprint density at radius 2 is 1.68 bits per heavy atom. The van der Waals surface area contributed by atoms with Gasteiger partial charge in [0.15, 0.2) is 5.65 Å². The second kappa shape index (κ2) is 6.75. The van der Waals surface area contributed by atoms with Crippen LogP contribution in [-0.4, -0.2) is 25.9 Å². The van der Waals surface area contributed by atoms with Crippen molar-refractivity contribution in [2.75, 3.05) is 0 Å². The Morgan fingerprint density at radius 3 is 2.36 bits per heavy atom. The van der Waals surface area contributed by atoms with Crippen LogP contribution in [0.1, 0.15) is 18.1 Å². The Hall–Kier alpha value is -2.65. The van der Waals surface area contributed by atoms with E-state index in [1.54, 1.807) is 36.4 Å². The molecule has 4 rings (SSSR count). The SMILES string of the molecule is CC(=O)CC(=O)n1c(=O)c2ccccc2c2nc3c(Br)cc(Br)cc3c(=O)n21. The highest BCUT2D eigenvalue weighted by Crippen LogP contribution is 2.26. The number of carbonyl (C=O) groups is 2. The fraction of sp³-hybridized carbons (Fsp3) is 0.105. The van der Waals surface area contributed by atoms with E-state index in [1.807, 2.05) is 0 Å². The Labute approximate surface area is 173 Å². The highest BCUT2D eigenvalue weighted by atomic mass is 79.9. The Kier molecular flexibility index (Phi) is 4.51. The predicted molar refractivity (Wildman–Crippen MR) is 112 cm³/mol. The van der Waals surface area contributed by atoms with Crippen molar-refractivity contribution in [2.24, 2.45) is 0 Å². The zero-order valence-corrected chi connectivity index (χ0v) is 17.6. The minimum Gasteiger partial charge on any atom is -0.299 e. The van der Waals surface area contributed by atoms with Gasteiger partial charge in [0.2, 0.25) is 0 Å². The number of carbonyl (C=O) groups excluding carboxylic acids is 2. The van der Waals surface area contributed by atoms with E-state index < -0.39 is 29.2 Å². The first-order valence-corrected chi connectivity index (χ1v) is 9.76. The van der Waals surface area contributed by atoms with Crippen LogP contribution in [0.2, 0.25) is 0 Å². The lowest BCUT2D eigenvalue weighted by atomic mass is 10.1. The summed E-state index contributed by atoms with van der Waals surface area (Å²) in [7, 11) is 0. The first-order valence-electron chi connectivity index (χ1n) is 8.18. The number of fused-ring (bicyclic) bond motifs is 4. The number of aromatic nitrogens is 3. The van der Waals surface area contributed by atoms with Crippen LogP contribution in [0.25, 0.3) is 27.3 Å². The molecule has 9 heteroatoms. The van der Waals surface area contributed by atoms with Crippen molar-refractivity contribution in [1.82, 2.24) is 14.2 Å². The molecule has 0 atom stereocenters. The molecule has 0 fully saturated rings. The minimum absolute atomic E-state index is 0.160. The van der Waals surface area contributed by atoms with Gasteiger partial charge < -0.3 is 0 Å². The molecule has 0 unspecified atom stereocenters. The van der Waals surface area contributed by atoms with Crippen molar-refractivity contribution in [3.05, 3.63) is 66.1 Å². The predicted octanol–water partition coefficient (Wildman–Crippen LogP) is 3.31. The summed E-state index contributed by atoms with van der Waals surface area (Å²) in [5, 5.41) is 0.893. The summed E-state index contributed by atoms with van der Waals surface area (Å²) < 4.78 is 2.89. The fourth-order valence-corrected chi connectivity index (χ4v) is 4.46. The summed E-state index contributed by atoms with van der Waals surface area (Å²) in [6.07, 6.45) is -0.500. The maximum Gasteiger partial charge on any atom is 0.281 e. The third-order valence-electron chi connectivity index (χ3n) is 4.30. The summed E-state index contributed by atoms with van der Waals surface area (Å²) in [4.78, 5) is 55.0. The quantitative estimate of drug-likeness (QED) is 0.237. The summed E-state index contributed by atoms with van der Waals surface area (Å²) >= 11 is 6.74. The largest absolute Gasteiger partial charge is 0.299 e. The third-order valence-corrected chi connectivity index (χ3v) is 5.36. The van der Waals surface area contributed by atoms with Gasteiger partial charge in [0.05, 0.1) is 22.7 Å². The van der Waals surface area contributed by atoms with Crippen LogP contribution < -0.4 is 11.1 Å². The van der Waals surface area contributed by atoms with E-state index >= 15 is 0 Å². The fourth-order valence-electron chi connectivity index (χ4n) is 3.15. The third kappa shape index (κ3) is 2.82. The minimum atomic E-state index is -0.787. The van der Waals surface area contributed by atoms with Crippen molar-refractivity contribution in [2.45, 2.75) is 13.3 Å². The molecule has 7 nitrogen and oxygen atoms in total. The molecule has 0 aliphatic carbocycles. The van der Waals surface area contributed by atoms with Crippen LogP contribution in [0.3, 0.4) is 0 Å². The molecule has 0 aliphatic rings.